The molecule has 1 atom stereocenters. The summed E-state index contributed by atoms with van der Waals surface area (Å²) < 4.78 is 16.5. The Morgan fingerprint density at radius 1 is 0.423 bits per heavy atom. The molecule has 1 unspecified atom stereocenters. The van der Waals surface area contributed by atoms with Gasteiger partial charge in [0.25, 0.3) is 0 Å². The fourth-order valence-corrected chi connectivity index (χ4v) is 4.66. The number of ether oxygens (including phenoxy) is 3. The highest BCUT2D eigenvalue weighted by Crippen LogP contribution is 2.09. The molecule has 6 nitrogen and oxygen atoms in total. The SMILES string of the molecule is CC\C=C/C=C\C=C/C=C\C=C/CCCC(=O)OCC(COC(=O)CCC/C=C\CCCCCC)OC(=O)CCCC/C=C\C/C=C\C/C=C\CC. The lowest BCUT2D eigenvalue weighted by atomic mass is 10.1. The molecule has 0 saturated heterocycles. The lowest BCUT2D eigenvalue weighted by Gasteiger charge is -2.18. The van der Waals surface area contributed by atoms with Crippen LogP contribution in [0.3, 0.4) is 0 Å². The van der Waals surface area contributed by atoms with Crippen LogP contribution in [0.15, 0.2) is 109 Å². The molecular formula is C46H70O6. The van der Waals surface area contributed by atoms with Gasteiger partial charge < -0.3 is 14.2 Å². The zero-order valence-corrected chi connectivity index (χ0v) is 32.8. The highest BCUT2D eigenvalue weighted by atomic mass is 16.6. The Morgan fingerprint density at radius 2 is 0.865 bits per heavy atom. The van der Waals surface area contributed by atoms with E-state index < -0.39 is 6.10 Å². The van der Waals surface area contributed by atoms with Gasteiger partial charge >= 0.3 is 17.9 Å². The van der Waals surface area contributed by atoms with Crippen LogP contribution in [0.25, 0.3) is 0 Å². The Kier molecular flexibility index (Phi) is 36.8. The van der Waals surface area contributed by atoms with Gasteiger partial charge in [-0.25, -0.2) is 0 Å². The van der Waals surface area contributed by atoms with Crippen LogP contribution in [-0.2, 0) is 28.6 Å². The Hall–Kier alpha value is -3.93. The molecule has 0 aromatic heterocycles. The number of hydrogen-bond acceptors (Lipinski definition) is 6. The van der Waals surface area contributed by atoms with Crippen molar-refractivity contribution in [2.24, 2.45) is 0 Å². The van der Waals surface area contributed by atoms with E-state index in [-0.39, 0.29) is 50.4 Å². The molecule has 0 bridgehead atoms. The first-order valence-corrected chi connectivity index (χ1v) is 20.0. The Morgan fingerprint density at radius 3 is 1.44 bits per heavy atom. The average molecular weight is 719 g/mol. The van der Waals surface area contributed by atoms with Crippen molar-refractivity contribution in [3.8, 4) is 0 Å². The summed E-state index contributed by atoms with van der Waals surface area (Å²) in [5.41, 5.74) is 0. The van der Waals surface area contributed by atoms with Crippen LogP contribution in [-0.4, -0.2) is 37.2 Å². The van der Waals surface area contributed by atoms with Crippen molar-refractivity contribution in [1.82, 2.24) is 0 Å². The zero-order chi connectivity index (χ0) is 38.0. The molecule has 0 N–H and O–H groups in total. The molecule has 290 valence electrons. The molecule has 0 fully saturated rings. The molecule has 0 aliphatic rings. The Bertz CT molecular complexity index is 1150. The summed E-state index contributed by atoms with van der Waals surface area (Å²) in [6, 6.07) is 0. The van der Waals surface area contributed by atoms with Crippen molar-refractivity contribution >= 4 is 17.9 Å². The van der Waals surface area contributed by atoms with E-state index in [0.717, 1.165) is 57.8 Å². The van der Waals surface area contributed by atoms with Crippen molar-refractivity contribution in [2.45, 2.75) is 149 Å². The smallest absolute Gasteiger partial charge is 0.306 e. The lowest BCUT2D eigenvalue weighted by Crippen LogP contribution is -2.30. The number of carbonyl (C=O) groups is 3. The van der Waals surface area contributed by atoms with Crippen LogP contribution in [0, 0.1) is 0 Å². The molecule has 6 heteroatoms. The summed E-state index contributed by atoms with van der Waals surface area (Å²) in [6.45, 7) is 6.16. The summed E-state index contributed by atoms with van der Waals surface area (Å²) in [7, 11) is 0. The van der Waals surface area contributed by atoms with E-state index in [1.807, 2.05) is 54.7 Å². The lowest BCUT2D eigenvalue weighted by molar-refractivity contribution is -0.167. The van der Waals surface area contributed by atoms with E-state index in [9.17, 15) is 14.4 Å². The Labute approximate surface area is 317 Å². The van der Waals surface area contributed by atoms with Crippen LogP contribution in [0.5, 0.6) is 0 Å². The number of hydrogen-bond donors (Lipinski definition) is 0. The standard InChI is InChI=1S/C46H70O6/c1-4-7-10-13-16-19-21-23-25-27-30-33-36-39-45(48)51-42-43(41-50-44(47)38-35-32-29-26-18-15-12-9-6-3)52-46(49)40-37-34-31-28-24-22-20-17-14-11-8-5-2/h7-8,10-11,13,16-17,19-21,23-30,43H,4-6,9,12,14-15,18,22,31-42H2,1-3H3/b10-7-,11-8-,16-13-,20-17-,21-19-,25-23-,28-24-,29-26-,30-27-. The number of unbranched alkanes of at least 4 members (excludes halogenated alkanes) is 8. The summed E-state index contributed by atoms with van der Waals surface area (Å²) in [5.74, 6) is -1.10. The molecule has 0 aromatic rings. The fraction of sp³-hybridized carbons (Fsp3) is 0.543. The van der Waals surface area contributed by atoms with Crippen LogP contribution in [0.1, 0.15) is 143 Å². The van der Waals surface area contributed by atoms with E-state index in [2.05, 4.69) is 75.5 Å². The summed E-state index contributed by atoms with van der Waals surface area (Å²) >= 11 is 0. The molecule has 0 aliphatic heterocycles. The monoisotopic (exact) mass is 719 g/mol. The molecule has 0 amide bonds. The molecule has 0 aliphatic carbocycles. The van der Waals surface area contributed by atoms with Crippen molar-refractivity contribution in [1.29, 1.82) is 0 Å². The van der Waals surface area contributed by atoms with Gasteiger partial charge in [-0.1, -0.05) is 149 Å². The number of carbonyl (C=O) groups excluding carboxylic acids is 3. The quantitative estimate of drug-likeness (QED) is 0.0221. The molecular weight excluding hydrogens is 648 g/mol. The highest BCUT2D eigenvalue weighted by molar-refractivity contribution is 5.71. The predicted octanol–water partition coefficient (Wildman–Crippen LogP) is 12.5. The van der Waals surface area contributed by atoms with E-state index in [4.69, 9.17) is 14.2 Å². The second-order valence-corrected chi connectivity index (χ2v) is 12.5. The predicted molar refractivity (Wildman–Crippen MR) is 219 cm³/mol. The van der Waals surface area contributed by atoms with Gasteiger partial charge in [-0.15, -0.1) is 0 Å². The van der Waals surface area contributed by atoms with Crippen LogP contribution in [0.2, 0.25) is 0 Å². The molecule has 0 radical (unpaired) electrons. The third kappa shape index (κ3) is 37.3. The largest absolute Gasteiger partial charge is 0.462 e. The van der Waals surface area contributed by atoms with Crippen molar-refractivity contribution in [2.75, 3.05) is 13.2 Å². The second kappa shape index (κ2) is 39.8. The maximum Gasteiger partial charge on any atom is 0.306 e. The summed E-state index contributed by atoms with van der Waals surface area (Å²) in [4.78, 5) is 37.4. The molecule has 0 saturated carbocycles. The van der Waals surface area contributed by atoms with E-state index in [1.165, 1.54) is 25.7 Å². The van der Waals surface area contributed by atoms with Gasteiger partial charge in [-0.3, -0.25) is 14.4 Å². The first-order valence-electron chi connectivity index (χ1n) is 20.0. The highest BCUT2D eigenvalue weighted by Gasteiger charge is 2.19. The van der Waals surface area contributed by atoms with Gasteiger partial charge in [-0.2, -0.15) is 0 Å². The van der Waals surface area contributed by atoms with Gasteiger partial charge in [0.05, 0.1) is 0 Å². The molecule has 0 spiro atoms. The minimum Gasteiger partial charge on any atom is -0.462 e. The third-order valence-corrected chi connectivity index (χ3v) is 7.62. The number of rotatable bonds is 33. The average Bonchev–Trinajstić information content (AvgIpc) is 3.14. The van der Waals surface area contributed by atoms with Crippen molar-refractivity contribution in [3.05, 3.63) is 109 Å². The summed E-state index contributed by atoms with van der Waals surface area (Å²) in [6.07, 6.45) is 52.4. The normalized spacial score (nSPS) is 13.2. The molecule has 52 heavy (non-hydrogen) atoms. The third-order valence-electron chi connectivity index (χ3n) is 7.62. The van der Waals surface area contributed by atoms with E-state index in [0.29, 0.717) is 19.3 Å². The van der Waals surface area contributed by atoms with Crippen LogP contribution < -0.4 is 0 Å². The number of allylic oxidation sites excluding steroid dienone is 18. The minimum atomic E-state index is -0.835. The minimum absolute atomic E-state index is 0.135. The van der Waals surface area contributed by atoms with E-state index in [1.54, 1.807) is 0 Å². The van der Waals surface area contributed by atoms with E-state index >= 15 is 0 Å². The Balaban J connectivity index is 4.63. The first-order chi connectivity index (χ1) is 25.5. The van der Waals surface area contributed by atoms with Gasteiger partial charge in [0, 0.05) is 19.3 Å². The fourth-order valence-electron chi connectivity index (χ4n) is 4.66. The van der Waals surface area contributed by atoms with Gasteiger partial charge in [0.2, 0.25) is 0 Å². The van der Waals surface area contributed by atoms with Gasteiger partial charge in [0.15, 0.2) is 6.10 Å². The van der Waals surface area contributed by atoms with Crippen molar-refractivity contribution < 1.29 is 28.6 Å². The molecule has 0 aromatic carbocycles. The number of esters is 3. The second-order valence-electron chi connectivity index (χ2n) is 12.5. The van der Waals surface area contributed by atoms with Gasteiger partial charge in [-0.05, 0) is 83.5 Å². The molecule has 0 heterocycles. The first kappa shape index (κ1) is 48.1. The topological polar surface area (TPSA) is 78.9 Å². The maximum absolute atomic E-state index is 12.6. The molecule has 0 rings (SSSR count). The van der Waals surface area contributed by atoms with Crippen molar-refractivity contribution in [3.63, 3.8) is 0 Å². The zero-order valence-electron chi connectivity index (χ0n) is 32.8. The van der Waals surface area contributed by atoms with Crippen LogP contribution in [0.4, 0.5) is 0 Å². The van der Waals surface area contributed by atoms with Crippen LogP contribution >= 0.6 is 0 Å². The van der Waals surface area contributed by atoms with Gasteiger partial charge in [0.1, 0.15) is 13.2 Å². The summed E-state index contributed by atoms with van der Waals surface area (Å²) in [5, 5.41) is 0. The maximum atomic E-state index is 12.6.